The van der Waals surface area contributed by atoms with Crippen LogP contribution in [0.3, 0.4) is 0 Å². The second kappa shape index (κ2) is 4.31. The van der Waals surface area contributed by atoms with Crippen molar-refractivity contribution in [3.63, 3.8) is 0 Å². The zero-order valence-electron chi connectivity index (χ0n) is 10.7. The Kier molecular flexibility index (Phi) is 2.63. The molecule has 0 aliphatic heterocycles. The molecule has 0 amide bonds. The molecule has 4 nitrogen and oxygen atoms in total. The first-order chi connectivity index (χ1) is 9.20. The van der Waals surface area contributed by atoms with E-state index in [1.165, 1.54) is 0 Å². The zero-order chi connectivity index (χ0) is 13.4. The van der Waals surface area contributed by atoms with Crippen molar-refractivity contribution in [2.24, 2.45) is 0 Å². The summed E-state index contributed by atoms with van der Waals surface area (Å²) in [6.45, 7) is 2.49. The first-order valence-electron chi connectivity index (χ1n) is 6.21. The number of benzene rings is 2. The van der Waals surface area contributed by atoms with Crippen LogP contribution in [0.15, 0.2) is 36.4 Å². The van der Waals surface area contributed by atoms with Gasteiger partial charge in [-0.1, -0.05) is 18.2 Å². The summed E-state index contributed by atoms with van der Waals surface area (Å²) < 4.78 is 5.63. The van der Waals surface area contributed by atoms with Crippen LogP contribution in [0.5, 0.6) is 5.75 Å². The largest absolute Gasteiger partial charge is 0.493 e. The van der Waals surface area contributed by atoms with Crippen molar-refractivity contribution in [2.45, 2.75) is 6.92 Å². The van der Waals surface area contributed by atoms with Crippen LogP contribution < -0.4 is 16.2 Å². The number of aromatic nitrogens is 1. The van der Waals surface area contributed by atoms with E-state index in [4.69, 9.17) is 16.2 Å². The molecule has 4 N–H and O–H groups in total. The molecular weight excluding hydrogens is 238 g/mol. The van der Waals surface area contributed by atoms with E-state index in [2.05, 4.69) is 4.98 Å². The lowest BCUT2D eigenvalue weighted by Crippen LogP contribution is -1.99. The summed E-state index contributed by atoms with van der Waals surface area (Å²) in [5.74, 6) is 0.688. The number of anilines is 2. The van der Waals surface area contributed by atoms with Gasteiger partial charge in [0.25, 0.3) is 0 Å². The molecule has 96 valence electrons. The third-order valence-electron chi connectivity index (χ3n) is 3.11. The summed E-state index contributed by atoms with van der Waals surface area (Å²) in [5, 5.41) is 1.76. The second-order valence-electron chi connectivity index (χ2n) is 4.39. The molecule has 19 heavy (non-hydrogen) atoms. The molecule has 1 heterocycles. The van der Waals surface area contributed by atoms with Crippen LogP contribution in [0.1, 0.15) is 6.92 Å². The SMILES string of the molecule is CCOc1cc(N)cc2nc3ccccc3c(N)c12. The van der Waals surface area contributed by atoms with Crippen molar-refractivity contribution in [1.29, 1.82) is 0 Å². The van der Waals surface area contributed by atoms with Gasteiger partial charge in [-0.05, 0) is 19.1 Å². The van der Waals surface area contributed by atoms with Crippen molar-refractivity contribution in [1.82, 2.24) is 4.98 Å². The highest BCUT2D eigenvalue weighted by molar-refractivity contribution is 6.09. The predicted molar refractivity (Wildman–Crippen MR) is 79.2 cm³/mol. The Bertz CT molecular complexity index is 768. The molecule has 0 saturated heterocycles. The van der Waals surface area contributed by atoms with E-state index in [9.17, 15) is 0 Å². The second-order valence-corrected chi connectivity index (χ2v) is 4.39. The van der Waals surface area contributed by atoms with Gasteiger partial charge in [-0.3, -0.25) is 0 Å². The Hall–Kier alpha value is -2.49. The van der Waals surface area contributed by atoms with E-state index >= 15 is 0 Å². The number of hydrogen-bond acceptors (Lipinski definition) is 4. The van der Waals surface area contributed by atoms with Crippen LogP contribution in [-0.2, 0) is 0 Å². The van der Waals surface area contributed by atoms with Crippen LogP contribution >= 0.6 is 0 Å². The summed E-state index contributed by atoms with van der Waals surface area (Å²) in [7, 11) is 0. The number of rotatable bonds is 2. The molecule has 0 spiro atoms. The molecule has 0 aliphatic carbocycles. The average Bonchev–Trinajstić information content (AvgIpc) is 2.38. The number of ether oxygens (including phenoxy) is 1. The summed E-state index contributed by atoms with van der Waals surface area (Å²) in [6, 6.07) is 11.4. The van der Waals surface area contributed by atoms with Gasteiger partial charge in [-0.2, -0.15) is 0 Å². The van der Waals surface area contributed by atoms with Gasteiger partial charge in [0, 0.05) is 17.1 Å². The predicted octanol–water partition coefficient (Wildman–Crippen LogP) is 2.95. The number of para-hydroxylation sites is 1. The van der Waals surface area contributed by atoms with Gasteiger partial charge in [0.2, 0.25) is 0 Å². The molecule has 0 bridgehead atoms. The summed E-state index contributed by atoms with van der Waals surface area (Å²) in [5.41, 5.74) is 15.1. The monoisotopic (exact) mass is 253 g/mol. The van der Waals surface area contributed by atoms with Crippen molar-refractivity contribution >= 4 is 33.2 Å². The molecule has 0 unspecified atom stereocenters. The summed E-state index contributed by atoms with van der Waals surface area (Å²) >= 11 is 0. The smallest absolute Gasteiger partial charge is 0.132 e. The van der Waals surface area contributed by atoms with Crippen LogP contribution in [-0.4, -0.2) is 11.6 Å². The Morgan fingerprint density at radius 3 is 2.68 bits per heavy atom. The Morgan fingerprint density at radius 1 is 1.11 bits per heavy atom. The first-order valence-corrected chi connectivity index (χ1v) is 6.21. The molecular formula is C15H15N3O. The molecule has 0 atom stereocenters. The highest BCUT2D eigenvalue weighted by atomic mass is 16.5. The fraction of sp³-hybridized carbons (Fsp3) is 0.133. The number of nitrogens with zero attached hydrogens (tertiary/aromatic N) is 1. The Balaban J connectivity index is 2.47. The highest BCUT2D eigenvalue weighted by Gasteiger charge is 2.12. The lowest BCUT2D eigenvalue weighted by molar-refractivity contribution is 0.344. The molecule has 4 heteroatoms. The van der Waals surface area contributed by atoms with E-state index in [0.717, 1.165) is 21.8 Å². The van der Waals surface area contributed by atoms with Crippen molar-refractivity contribution in [3.8, 4) is 5.75 Å². The van der Waals surface area contributed by atoms with E-state index in [0.29, 0.717) is 23.7 Å². The van der Waals surface area contributed by atoms with Gasteiger partial charge in [0.15, 0.2) is 0 Å². The van der Waals surface area contributed by atoms with Crippen molar-refractivity contribution < 1.29 is 4.74 Å². The Morgan fingerprint density at radius 2 is 1.89 bits per heavy atom. The normalized spacial score (nSPS) is 11.0. The number of fused-ring (bicyclic) bond motifs is 2. The Labute approximate surface area is 111 Å². The zero-order valence-corrected chi connectivity index (χ0v) is 10.7. The third kappa shape index (κ3) is 1.81. The molecule has 0 saturated carbocycles. The molecule has 1 aromatic heterocycles. The molecule has 0 radical (unpaired) electrons. The lowest BCUT2D eigenvalue weighted by Gasteiger charge is -2.12. The minimum absolute atomic E-state index is 0.560. The maximum Gasteiger partial charge on any atom is 0.132 e. The molecule has 3 rings (SSSR count). The molecule has 3 aromatic rings. The number of pyridine rings is 1. The molecule has 0 fully saturated rings. The maximum atomic E-state index is 6.27. The van der Waals surface area contributed by atoms with Gasteiger partial charge in [0.1, 0.15) is 5.75 Å². The summed E-state index contributed by atoms with van der Waals surface area (Å²) in [6.07, 6.45) is 0. The number of nitrogens with two attached hydrogens (primary N) is 2. The molecule has 0 aliphatic rings. The maximum absolute atomic E-state index is 6.27. The van der Waals surface area contributed by atoms with Crippen LogP contribution in [0.25, 0.3) is 21.8 Å². The van der Waals surface area contributed by atoms with Gasteiger partial charge < -0.3 is 16.2 Å². The minimum atomic E-state index is 0.560. The van der Waals surface area contributed by atoms with E-state index in [-0.39, 0.29) is 0 Å². The van der Waals surface area contributed by atoms with Crippen LogP contribution in [0, 0.1) is 0 Å². The number of nitrogen functional groups attached to an aromatic ring is 2. The quantitative estimate of drug-likeness (QED) is 0.544. The van der Waals surface area contributed by atoms with Crippen LogP contribution in [0.4, 0.5) is 11.4 Å². The van der Waals surface area contributed by atoms with Crippen LogP contribution in [0.2, 0.25) is 0 Å². The van der Waals surface area contributed by atoms with Crippen molar-refractivity contribution in [2.75, 3.05) is 18.1 Å². The van der Waals surface area contributed by atoms with E-state index < -0.39 is 0 Å². The average molecular weight is 253 g/mol. The fourth-order valence-electron chi connectivity index (χ4n) is 2.31. The topological polar surface area (TPSA) is 74.2 Å². The third-order valence-corrected chi connectivity index (χ3v) is 3.11. The van der Waals surface area contributed by atoms with Crippen molar-refractivity contribution in [3.05, 3.63) is 36.4 Å². The lowest BCUT2D eigenvalue weighted by atomic mass is 10.1. The van der Waals surface area contributed by atoms with E-state index in [1.807, 2.05) is 37.3 Å². The molecule has 2 aromatic carbocycles. The standard InChI is InChI=1S/C15H15N3O/c1-2-19-13-8-9(16)7-12-14(13)15(17)10-5-3-4-6-11(10)18-12/h3-8H,2,16H2,1H3,(H2,17,18). The van der Waals surface area contributed by atoms with Gasteiger partial charge >= 0.3 is 0 Å². The van der Waals surface area contributed by atoms with Gasteiger partial charge in [-0.15, -0.1) is 0 Å². The van der Waals surface area contributed by atoms with Gasteiger partial charge in [-0.25, -0.2) is 4.98 Å². The number of hydrogen-bond donors (Lipinski definition) is 2. The first kappa shape index (κ1) is 11.6. The fourth-order valence-corrected chi connectivity index (χ4v) is 2.31. The van der Waals surface area contributed by atoms with E-state index in [1.54, 1.807) is 6.07 Å². The highest BCUT2D eigenvalue weighted by Crippen LogP contribution is 2.36. The minimum Gasteiger partial charge on any atom is -0.493 e. The summed E-state index contributed by atoms with van der Waals surface area (Å²) in [4.78, 5) is 4.60. The van der Waals surface area contributed by atoms with Gasteiger partial charge in [0.05, 0.1) is 28.7 Å².